The summed E-state index contributed by atoms with van der Waals surface area (Å²) < 4.78 is 3.48. The van der Waals surface area contributed by atoms with E-state index in [1.807, 2.05) is 30.3 Å². The molecule has 3 heterocycles. The molecule has 0 aliphatic rings. The fourth-order valence-electron chi connectivity index (χ4n) is 2.95. The largest absolute Gasteiger partial charge is 0.264 e. The number of hydrogen-bond acceptors (Lipinski definition) is 4. The molecule has 0 amide bonds. The first-order valence-electron chi connectivity index (χ1n) is 7.91. The summed E-state index contributed by atoms with van der Waals surface area (Å²) >= 11 is 18.4. The number of hydrogen-bond donors (Lipinski definition) is 0. The second kappa shape index (κ2) is 6.20. The molecule has 3 aromatic heterocycles. The van der Waals surface area contributed by atoms with Crippen LogP contribution in [0.4, 0.5) is 0 Å². The summed E-state index contributed by atoms with van der Waals surface area (Å²) in [5.74, 6) is 0.618. The second-order valence-corrected chi connectivity index (χ2v) is 7.06. The van der Waals surface area contributed by atoms with Gasteiger partial charge in [-0.25, -0.2) is 9.67 Å². The van der Waals surface area contributed by atoms with E-state index < -0.39 is 0 Å². The zero-order chi connectivity index (χ0) is 18.5. The van der Waals surface area contributed by atoms with Crippen molar-refractivity contribution in [1.29, 1.82) is 0 Å². The number of nitrogens with zero attached hydrogens (tertiary/aromatic N) is 6. The molecule has 0 bridgehead atoms. The number of halogens is 3. The number of fused-ring (bicyclic) bond motifs is 3. The van der Waals surface area contributed by atoms with Gasteiger partial charge in [-0.15, -0.1) is 10.2 Å². The molecule has 132 valence electrons. The Labute approximate surface area is 167 Å². The summed E-state index contributed by atoms with van der Waals surface area (Å²) in [5, 5.41) is 15.3. The van der Waals surface area contributed by atoms with Gasteiger partial charge in [-0.05, 0) is 30.3 Å². The average Bonchev–Trinajstić information content (AvgIpc) is 3.28. The van der Waals surface area contributed by atoms with E-state index in [1.165, 1.54) is 0 Å². The third-order valence-corrected chi connectivity index (χ3v) is 5.31. The molecule has 0 spiro atoms. The van der Waals surface area contributed by atoms with E-state index in [2.05, 4.69) is 20.3 Å². The first-order chi connectivity index (χ1) is 13.1. The van der Waals surface area contributed by atoms with Crippen LogP contribution < -0.4 is 0 Å². The molecule has 0 saturated carbocycles. The van der Waals surface area contributed by atoms with Gasteiger partial charge in [0, 0.05) is 5.56 Å². The monoisotopic (exact) mass is 414 g/mol. The smallest absolute Gasteiger partial charge is 0.175 e. The molecule has 5 rings (SSSR count). The molecular formula is C18H9Cl3N6. The predicted molar refractivity (Wildman–Crippen MR) is 106 cm³/mol. The molecule has 0 unspecified atom stereocenters. The highest BCUT2D eigenvalue weighted by molar-refractivity contribution is 6.42. The van der Waals surface area contributed by atoms with Crippen LogP contribution in [0.3, 0.4) is 0 Å². The van der Waals surface area contributed by atoms with Gasteiger partial charge in [-0.2, -0.15) is 5.10 Å². The van der Waals surface area contributed by atoms with Crippen molar-refractivity contribution in [1.82, 2.24) is 29.4 Å². The highest BCUT2D eigenvalue weighted by Gasteiger charge is 2.17. The van der Waals surface area contributed by atoms with E-state index in [0.717, 1.165) is 16.6 Å². The molecule has 9 heteroatoms. The summed E-state index contributed by atoms with van der Waals surface area (Å²) in [6, 6.07) is 12.8. The molecule has 27 heavy (non-hydrogen) atoms. The van der Waals surface area contributed by atoms with Gasteiger partial charge >= 0.3 is 0 Å². The number of rotatable bonds is 2. The third kappa shape index (κ3) is 2.56. The Kier molecular flexibility index (Phi) is 3.79. The third-order valence-electron chi connectivity index (χ3n) is 4.24. The Balaban J connectivity index is 1.73. The lowest BCUT2D eigenvalue weighted by Crippen LogP contribution is -1.99. The lowest BCUT2D eigenvalue weighted by molar-refractivity contribution is 0.893. The van der Waals surface area contributed by atoms with E-state index in [1.54, 1.807) is 33.7 Å². The summed E-state index contributed by atoms with van der Waals surface area (Å²) in [4.78, 5) is 4.55. The minimum Gasteiger partial charge on any atom is -0.264 e. The van der Waals surface area contributed by atoms with E-state index in [-0.39, 0.29) is 0 Å². The Bertz CT molecular complexity index is 1320. The van der Waals surface area contributed by atoms with Gasteiger partial charge < -0.3 is 0 Å². The molecule has 0 saturated heterocycles. The highest BCUT2D eigenvalue weighted by Crippen LogP contribution is 2.29. The second-order valence-electron chi connectivity index (χ2n) is 5.83. The molecule has 0 aliphatic heterocycles. The molecule has 0 radical (unpaired) electrons. The van der Waals surface area contributed by atoms with E-state index in [0.29, 0.717) is 32.2 Å². The molecule has 0 aliphatic carbocycles. The number of aromatic nitrogens is 6. The van der Waals surface area contributed by atoms with Crippen LogP contribution in [0.5, 0.6) is 0 Å². The van der Waals surface area contributed by atoms with Crippen molar-refractivity contribution in [2.24, 2.45) is 0 Å². The molecule has 5 aromatic rings. The molecule has 6 nitrogen and oxygen atoms in total. The minimum atomic E-state index is 0.447. The van der Waals surface area contributed by atoms with Crippen molar-refractivity contribution in [3.63, 3.8) is 0 Å². The number of benzene rings is 2. The molecule has 0 atom stereocenters. The lowest BCUT2D eigenvalue weighted by atomic mass is 10.2. The Morgan fingerprint density at radius 1 is 0.815 bits per heavy atom. The molecule has 0 fully saturated rings. The molecule has 0 N–H and O–H groups in total. The van der Waals surface area contributed by atoms with Crippen molar-refractivity contribution in [2.75, 3.05) is 0 Å². The van der Waals surface area contributed by atoms with Crippen molar-refractivity contribution < 1.29 is 0 Å². The highest BCUT2D eigenvalue weighted by atomic mass is 35.5. The minimum absolute atomic E-state index is 0.447. The zero-order valence-corrected chi connectivity index (χ0v) is 15.8. The van der Waals surface area contributed by atoms with Gasteiger partial charge in [0.1, 0.15) is 6.33 Å². The van der Waals surface area contributed by atoms with Gasteiger partial charge in [-0.3, -0.25) is 4.40 Å². The summed E-state index contributed by atoms with van der Waals surface area (Å²) in [7, 11) is 0. The Morgan fingerprint density at radius 3 is 2.48 bits per heavy atom. The first-order valence-corrected chi connectivity index (χ1v) is 9.04. The van der Waals surface area contributed by atoms with Gasteiger partial charge in [0.2, 0.25) is 0 Å². The van der Waals surface area contributed by atoms with E-state index in [4.69, 9.17) is 34.8 Å². The van der Waals surface area contributed by atoms with Gasteiger partial charge in [0.25, 0.3) is 0 Å². The van der Waals surface area contributed by atoms with Crippen LogP contribution in [0.15, 0.2) is 55.0 Å². The SMILES string of the molecule is Clc1ccc(-n2ncc3c2ncn2c(-c4ccccc4Cl)nnc32)cc1Cl. The summed E-state index contributed by atoms with van der Waals surface area (Å²) in [5.41, 5.74) is 2.81. The molecular weight excluding hydrogens is 407 g/mol. The van der Waals surface area contributed by atoms with Crippen molar-refractivity contribution in [2.45, 2.75) is 0 Å². The van der Waals surface area contributed by atoms with Crippen LogP contribution in [0.25, 0.3) is 33.8 Å². The fraction of sp³-hybridized carbons (Fsp3) is 0. The maximum absolute atomic E-state index is 6.30. The maximum Gasteiger partial charge on any atom is 0.175 e. The van der Waals surface area contributed by atoms with Crippen LogP contribution in [0, 0.1) is 0 Å². The standard InChI is InChI=1S/C18H9Cl3N6/c19-13-4-2-1-3-11(13)17-24-25-18-12-8-23-27(16(12)22-9-26(17)18)10-5-6-14(20)15(21)7-10/h1-9H. The van der Waals surface area contributed by atoms with Gasteiger partial charge in [0.15, 0.2) is 17.1 Å². The first kappa shape index (κ1) is 16.5. The normalized spacial score (nSPS) is 11.5. The van der Waals surface area contributed by atoms with Crippen LogP contribution in [-0.4, -0.2) is 29.4 Å². The lowest BCUT2D eigenvalue weighted by Gasteiger charge is -2.05. The quantitative estimate of drug-likeness (QED) is 0.403. The topological polar surface area (TPSA) is 60.9 Å². The van der Waals surface area contributed by atoms with Crippen LogP contribution >= 0.6 is 34.8 Å². The fourth-order valence-corrected chi connectivity index (χ4v) is 3.47. The molecule has 2 aromatic carbocycles. The van der Waals surface area contributed by atoms with Gasteiger partial charge in [-0.1, -0.05) is 46.9 Å². The van der Waals surface area contributed by atoms with Crippen LogP contribution in [0.2, 0.25) is 15.1 Å². The van der Waals surface area contributed by atoms with E-state index in [9.17, 15) is 0 Å². The maximum atomic E-state index is 6.30. The predicted octanol–water partition coefficient (Wildman–Crippen LogP) is 5.09. The Morgan fingerprint density at radius 2 is 1.67 bits per heavy atom. The van der Waals surface area contributed by atoms with E-state index >= 15 is 0 Å². The summed E-state index contributed by atoms with van der Waals surface area (Å²) in [6.07, 6.45) is 3.36. The van der Waals surface area contributed by atoms with Crippen LogP contribution in [-0.2, 0) is 0 Å². The average molecular weight is 416 g/mol. The van der Waals surface area contributed by atoms with Crippen molar-refractivity contribution in [3.8, 4) is 17.1 Å². The Hall–Kier alpha value is -2.67. The van der Waals surface area contributed by atoms with Crippen LogP contribution in [0.1, 0.15) is 0 Å². The van der Waals surface area contributed by atoms with Crippen molar-refractivity contribution in [3.05, 3.63) is 70.1 Å². The van der Waals surface area contributed by atoms with Gasteiger partial charge in [0.05, 0.1) is 32.3 Å². The zero-order valence-electron chi connectivity index (χ0n) is 13.5. The summed E-state index contributed by atoms with van der Waals surface area (Å²) in [6.45, 7) is 0. The van der Waals surface area contributed by atoms with Crippen molar-refractivity contribution >= 4 is 51.5 Å².